The Bertz CT molecular complexity index is 1450. The van der Waals surface area contributed by atoms with Gasteiger partial charge in [0.25, 0.3) is 0 Å². The minimum absolute atomic E-state index is 0.109. The normalized spacial score (nSPS) is 13.2. The van der Waals surface area contributed by atoms with Gasteiger partial charge in [-0.2, -0.15) is 23.3 Å². The Labute approximate surface area is 215 Å². The first-order valence-corrected chi connectivity index (χ1v) is 11.5. The number of carbonyl (C=O) groups is 1. The van der Waals surface area contributed by atoms with Gasteiger partial charge in [0.05, 0.1) is 17.1 Å². The molecule has 0 unspecified atom stereocenters. The van der Waals surface area contributed by atoms with Crippen LogP contribution in [-0.4, -0.2) is 43.0 Å². The Morgan fingerprint density at radius 1 is 1.08 bits per heavy atom. The highest BCUT2D eigenvalue weighted by Crippen LogP contribution is 2.40. The Balaban J connectivity index is 1.69. The minimum Gasteiger partial charge on any atom is -0.480 e. The quantitative estimate of drug-likeness (QED) is 0.311. The standard InChI is InChI=1S/C26H25F3N6O3/c1-14-3-8-21(35-10-9-15(2)34-35)18(11-14)23(26(27,28)29)38-22-13-20(32-25(31)33-22)17-6-4-16(5-7-17)12-19(30)24(36)37/h3-11,13,19,23H,12,30H2,1-2H3,(H,36,37)(H2,31,32,33)/t19-,23+/m0/s1. The molecule has 0 aliphatic rings. The van der Waals surface area contributed by atoms with Crippen LogP contribution in [0.3, 0.4) is 0 Å². The van der Waals surface area contributed by atoms with Crippen molar-refractivity contribution >= 4 is 11.9 Å². The lowest BCUT2D eigenvalue weighted by atomic mass is 10.0. The number of aryl methyl sites for hydroxylation is 2. The van der Waals surface area contributed by atoms with Gasteiger partial charge in [0, 0.05) is 23.4 Å². The van der Waals surface area contributed by atoms with Gasteiger partial charge in [-0.3, -0.25) is 4.79 Å². The fourth-order valence-electron chi connectivity index (χ4n) is 3.87. The number of carboxylic acid groups (broad SMARTS) is 1. The number of anilines is 1. The number of alkyl halides is 3. The van der Waals surface area contributed by atoms with Gasteiger partial charge < -0.3 is 21.3 Å². The van der Waals surface area contributed by atoms with Gasteiger partial charge in [-0.25, -0.2) is 9.67 Å². The maximum absolute atomic E-state index is 14.4. The molecule has 0 spiro atoms. The van der Waals surface area contributed by atoms with E-state index >= 15 is 0 Å². The Hall–Kier alpha value is -4.45. The van der Waals surface area contributed by atoms with Crippen LogP contribution in [-0.2, 0) is 11.2 Å². The smallest absolute Gasteiger partial charge is 0.429 e. The van der Waals surface area contributed by atoms with E-state index in [4.69, 9.17) is 21.3 Å². The molecule has 2 aromatic heterocycles. The molecule has 9 nitrogen and oxygen atoms in total. The zero-order valence-electron chi connectivity index (χ0n) is 20.5. The Kier molecular flexibility index (Phi) is 7.35. The van der Waals surface area contributed by atoms with E-state index < -0.39 is 24.3 Å². The highest BCUT2D eigenvalue weighted by atomic mass is 19.4. The van der Waals surface area contributed by atoms with Gasteiger partial charge in [0.2, 0.25) is 17.9 Å². The van der Waals surface area contributed by atoms with Crippen LogP contribution >= 0.6 is 0 Å². The summed E-state index contributed by atoms with van der Waals surface area (Å²) in [6.07, 6.45) is -5.48. The summed E-state index contributed by atoms with van der Waals surface area (Å²) in [5, 5.41) is 13.2. The van der Waals surface area contributed by atoms with Crippen LogP contribution in [0.2, 0.25) is 0 Å². The van der Waals surface area contributed by atoms with E-state index in [1.165, 1.54) is 16.8 Å². The van der Waals surface area contributed by atoms with Crippen LogP contribution in [0.4, 0.5) is 19.1 Å². The van der Waals surface area contributed by atoms with Gasteiger partial charge in [0.15, 0.2) is 0 Å². The number of nitrogens with zero attached hydrogens (tertiary/aromatic N) is 4. The average molecular weight is 527 g/mol. The van der Waals surface area contributed by atoms with Crippen molar-refractivity contribution in [2.45, 2.75) is 38.6 Å². The van der Waals surface area contributed by atoms with Gasteiger partial charge in [-0.15, -0.1) is 0 Å². The fraction of sp³-hybridized carbons (Fsp3) is 0.231. The topological polar surface area (TPSA) is 142 Å². The number of nitrogens with two attached hydrogens (primary N) is 2. The molecule has 0 aliphatic carbocycles. The molecule has 0 fully saturated rings. The second-order valence-electron chi connectivity index (χ2n) is 8.80. The van der Waals surface area contributed by atoms with Crippen molar-refractivity contribution in [3.8, 4) is 22.8 Å². The summed E-state index contributed by atoms with van der Waals surface area (Å²) in [5.41, 5.74) is 14.1. The molecule has 0 saturated heterocycles. The minimum atomic E-state index is -4.80. The number of halogens is 3. The van der Waals surface area contributed by atoms with E-state index in [0.717, 1.165) is 0 Å². The molecule has 0 radical (unpaired) electrons. The van der Waals surface area contributed by atoms with Crippen LogP contribution in [0.25, 0.3) is 16.9 Å². The molecule has 0 aliphatic heterocycles. The number of ether oxygens (including phenoxy) is 1. The maximum Gasteiger partial charge on any atom is 0.429 e. The first-order valence-electron chi connectivity index (χ1n) is 11.5. The zero-order valence-corrected chi connectivity index (χ0v) is 20.5. The van der Waals surface area contributed by atoms with Crippen LogP contribution in [0.1, 0.15) is 28.5 Å². The number of aromatic nitrogens is 4. The van der Waals surface area contributed by atoms with E-state index in [9.17, 15) is 18.0 Å². The Morgan fingerprint density at radius 3 is 2.39 bits per heavy atom. The second-order valence-corrected chi connectivity index (χ2v) is 8.80. The van der Waals surface area contributed by atoms with Crippen molar-refractivity contribution < 1.29 is 27.8 Å². The number of benzene rings is 2. The number of hydrogen-bond donors (Lipinski definition) is 3. The molecule has 0 bridgehead atoms. The molecule has 0 saturated carbocycles. The predicted octanol–water partition coefficient (Wildman–Crippen LogP) is 4.17. The summed E-state index contributed by atoms with van der Waals surface area (Å²) in [5.74, 6) is -1.77. The first kappa shape index (κ1) is 26.6. The molecular formula is C26H25F3N6O3. The monoisotopic (exact) mass is 526 g/mol. The molecule has 198 valence electrons. The van der Waals surface area contributed by atoms with E-state index in [1.807, 2.05) is 0 Å². The van der Waals surface area contributed by atoms with Gasteiger partial charge in [0.1, 0.15) is 6.04 Å². The van der Waals surface area contributed by atoms with E-state index in [1.54, 1.807) is 62.5 Å². The molecule has 2 heterocycles. The average Bonchev–Trinajstić information content (AvgIpc) is 3.27. The van der Waals surface area contributed by atoms with Crippen LogP contribution in [0.15, 0.2) is 60.8 Å². The molecule has 0 amide bonds. The summed E-state index contributed by atoms with van der Waals surface area (Å²) < 4.78 is 49.9. The van der Waals surface area contributed by atoms with Gasteiger partial charge in [-0.1, -0.05) is 35.9 Å². The summed E-state index contributed by atoms with van der Waals surface area (Å²) in [4.78, 5) is 19.0. The van der Waals surface area contributed by atoms with Crippen LogP contribution < -0.4 is 16.2 Å². The number of hydrogen-bond acceptors (Lipinski definition) is 7. The maximum atomic E-state index is 14.4. The third-order valence-electron chi connectivity index (χ3n) is 5.71. The number of rotatable bonds is 8. The number of aliphatic carboxylic acids is 1. The van der Waals surface area contributed by atoms with Gasteiger partial charge >= 0.3 is 12.1 Å². The van der Waals surface area contributed by atoms with Crippen molar-refractivity contribution in [2.75, 3.05) is 5.73 Å². The van der Waals surface area contributed by atoms with E-state index in [2.05, 4.69) is 15.1 Å². The fourth-order valence-corrected chi connectivity index (χ4v) is 3.87. The first-order chi connectivity index (χ1) is 17.9. The zero-order chi connectivity index (χ0) is 27.6. The van der Waals surface area contributed by atoms with Crippen molar-refractivity contribution in [2.24, 2.45) is 5.73 Å². The highest BCUT2D eigenvalue weighted by Gasteiger charge is 2.45. The number of carboxylic acids is 1. The van der Waals surface area contributed by atoms with E-state index in [0.29, 0.717) is 22.4 Å². The lowest BCUT2D eigenvalue weighted by Crippen LogP contribution is -2.32. The molecule has 4 aromatic rings. The van der Waals surface area contributed by atoms with Crippen molar-refractivity contribution in [3.63, 3.8) is 0 Å². The van der Waals surface area contributed by atoms with Crippen molar-refractivity contribution in [3.05, 3.63) is 83.2 Å². The van der Waals surface area contributed by atoms with E-state index in [-0.39, 0.29) is 35.2 Å². The molecule has 5 N–H and O–H groups in total. The summed E-state index contributed by atoms with van der Waals surface area (Å²) in [7, 11) is 0. The molecular weight excluding hydrogens is 501 g/mol. The third-order valence-corrected chi connectivity index (χ3v) is 5.71. The predicted molar refractivity (Wildman–Crippen MR) is 134 cm³/mol. The summed E-state index contributed by atoms with van der Waals surface area (Å²) in [6, 6.07) is 13.1. The highest BCUT2D eigenvalue weighted by molar-refractivity contribution is 5.73. The largest absolute Gasteiger partial charge is 0.480 e. The van der Waals surface area contributed by atoms with Crippen molar-refractivity contribution in [1.82, 2.24) is 19.7 Å². The van der Waals surface area contributed by atoms with Crippen molar-refractivity contribution in [1.29, 1.82) is 0 Å². The van der Waals surface area contributed by atoms with Gasteiger partial charge in [-0.05, 0) is 44.0 Å². The molecule has 12 heteroatoms. The summed E-state index contributed by atoms with van der Waals surface area (Å²) in [6.45, 7) is 3.42. The molecule has 38 heavy (non-hydrogen) atoms. The third kappa shape index (κ3) is 6.09. The lowest BCUT2D eigenvalue weighted by Gasteiger charge is -2.24. The molecule has 4 rings (SSSR count). The van der Waals surface area contributed by atoms with Crippen LogP contribution in [0, 0.1) is 13.8 Å². The molecule has 2 atom stereocenters. The lowest BCUT2D eigenvalue weighted by molar-refractivity contribution is -0.198. The molecule has 2 aromatic carbocycles. The second kappa shape index (κ2) is 10.5. The number of nitrogen functional groups attached to an aromatic ring is 1. The SMILES string of the molecule is Cc1ccc(-n2ccc(C)n2)c([C@@H](Oc2cc(-c3ccc(C[C@H](N)C(=O)O)cc3)nc(N)n2)C(F)(F)F)c1. The van der Waals surface area contributed by atoms with Crippen LogP contribution in [0.5, 0.6) is 5.88 Å². The summed E-state index contributed by atoms with van der Waals surface area (Å²) >= 11 is 0. The Morgan fingerprint density at radius 2 is 1.79 bits per heavy atom.